The molecule has 0 aromatic heterocycles. The average Bonchev–Trinajstić information content (AvgIpc) is 2.79. The van der Waals surface area contributed by atoms with Crippen LogP contribution < -0.4 is 5.32 Å². The highest BCUT2D eigenvalue weighted by Gasteiger charge is 2.53. The van der Waals surface area contributed by atoms with E-state index in [2.05, 4.69) is 9.71 Å². The van der Waals surface area contributed by atoms with Crippen LogP contribution in [0.4, 0.5) is 10.1 Å². The summed E-state index contributed by atoms with van der Waals surface area (Å²) in [7, 11) is -4.10. The van der Waals surface area contributed by atoms with Gasteiger partial charge in [-0.15, -0.1) is 4.40 Å². The van der Waals surface area contributed by atoms with Crippen LogP contribution >= 0.6 is 0 Å². The van der Waals surface area contributed by atoms with E-state index >= 15 is 0 Å². The number of Topliss-reactive ketones (excluding diaryl/α,β-unsaturated/α-hetero) is 2. The van der Waals surface area contributed by atoms with E-state index in [1.165, 1.54) is 12.1 Å². The van der Waals surface area contributed by atoms with Gasteiger partial charge in [-0.05, 0) is 42.7 Å². The van der Waals surface area contributed by atoms with E-state index in [1.807, 2.05) is 13.8 Å². The molecule has 0 fully saturated rings. The number of nitrogens with zero attached hydrogens (tertiary/aromatic N) is 1. The number of carbonyl (C=O) groups is 2. The molecular formula is C25H27FN2O4S. The number of fused-ring (bicyclic) bond motifs is 2. The largest absolute Gasteiger partial charge is 0.341 e. The summed E-state index contributed by atoms with van der Waals surface area (Å²) in [4.78, 5) is 27.6. The SMILES string of the molecule is CCCCC1(CCCC)C(=O)C(C2=NS(=O)(=O)c3ccccc3N2)C(=O)c2cc(F)ccc21. The molecule has 0 bridgehead atoms. The third-order valence-corrected chi connectivity index (χ3v) is 7.94. The molecule has 8 heteroatoms. The molecule has 0 amide bonds. The average molecular weight is 471 g/mol. The molecule has 0 saturated heterocycles. The molecule has 1 N–H and O–H groups in total. The van der Waals surface area contributed by atoms with Crippen molar-refractivity contribution >= 4 is 33.1 Å². The van der Waals surface area contributed by atoms with Gasteiger partial charge in [0.2, 0.25) is 0 Å². The lowest BCUT2D eigenvalue weighted by Crippen LogP contribution is -2.52. The Kier molecular flexibility index (Phi) is 6.22. The summed E-state index contributed by atoms with van der Waals surface area (Å²) in [6.45, 7) is 4.04. The number of ketones is 2. The first-order valence-corrected chi connectivity index (χ1v) is 12.8. The molecule has 6 nitrogen and oxygen atoms in total. The van der Waals surface area contributed by atoms with Crippen LogP contribution in [-0.4, -0.2) is 25.8 Å². The van der Waals surface area contributed by atoms with E-state index in [1.54, 1.807) is 24.3 Å². The van der Waals surface area contributed by atoms with Crippen molar-refractivity contribution in [2.45, 2.75) is 62.7 Å². The summed E-state index contributed by atoms with van der Waals surface area (Å²) < 4.78 is 43.7. The van der Waals surface area contributed by atoms with Crippen LogP contribution in [0.1, 0.15) is 68.3 Å². The second-order valence-electron chi connectivity index (χ2n) is 8.71. The van der Waals surface area contributed by atoms with Crippen molar-refractivity contribution < 1.29 is 22.4 Å². The Bertz CT molecular complexity index is 1240. The number of carbonyl (C=O) groups excluding carboxylic acids is 2. The Morgan fingerprint density at radius 2 is 1.70 bits per heavy atom. The van der Waals surface area contributed by atoms with Crippen molar-refractivity contribution in [1.82, 2.24) is 0 Å². The first-order chi connectivity index (χ1) is 15.7. The molecule has 2 aromatic rings. The second-order valence-corrected chi connectivity index (χ2v) is 10.3. The summed E-state index contributed by atoms with van der Waals surface area (Å²) in [5.41, 5.74) is -0.0661. The molecule has 174 valence electrons. The quantitative estimate of drug-likeness (QED) is 0.573. The topological polar surface area (TPSA) is 92.7 Å². The fourth-order valence-electron chi connectivity index (χ4n) is 4.93. The monoisotopic (exact) mass is 470 g/mol. The minimum atomic E-state index is -4.10. The van der Waals surface area contributed by atoms with Crippen LogP contribution in [-0.2, 0) is 20.2 Å². The summed E-state index contributed by atoms with van der Waals surface area (Å²) in [6, 6.07) is 10.2. The lowest BCUT2D eigenvalue weighted by molar-refractivity contribution is -0.126. The summed E-state index contributed by atoms with van der Waals surface area (Å²) in [5, 5.41) is 2.91. The minimum absolute atomic E-state index is 0.0147. The lowest BCUT2D eigenvalue weighted by Gasteiger charge is -2.41. The zero-order valence-electron chi connectivity index (χ0n) is 18.7. The number of rotatable bonds is 7. The van der Waals surface area contributed by atoms with Crippen molar-refractivity contribution in [3.8, 4) is 0 Å². The molecule has 1 heterocycles. The fraction of sp³-hybridized carbons (Fsp3) is 0.400. The number of benzene rings is 2. The van der Waals surface area contributed by atoms with E-state index in [9.17, 15) is 22.4 Å². The van der Waals surface area contributed by atoms with Crippen molar-refractivity contribution in [3.63, 3.8) is 0 Å². The van der Waals surface area contributed by atoms with E-state index < -0.39 is 33.0 Å². The maximum atomic E-state index is 14.2. The summed E-state index contributed by atoms with van der Waals surface area (Å²) in [6.07, 6.45) is 4.18. The summed E-state index contributed by atoms with van der Waals surface area (Å²) >= 11 is 0. The van der Waals surface area contributed by atoms with Gasteiger partial charge in [-0.3, -0.25) is 9.59 Å². The molecule has 1 aliphatic carbocycles. The van der Waals surface area contributed by atoms with Crippen molar-refractivity contribution in [2.75, 3.05) is 5.32 Å². The van der Waals surface area contributed by atoms with Gasteiger partial charge in [-0.25, -0.2) is 4.39 Å². The van der Waals surface area contributed by atoms with Crippen LogP contribution in [0, 0.1) is 11.7 Å². The van der Waals surface area contributed by atoms with Crippen LogP contribution in [0.2, 0.25) is 0 Å². The number of hydrogen-bond donors (Lipinski definition) is 1. The van der Waals surface area contributed by atoms with Crippen LogP contribution in [0.15, 0.2) is 51.8 Å². The van der Waals surface area contributed by atoms with Crippen molar-refractivity contribution in [3.05, 3.63) is 59.4 Å². The number of unbranched alkanes of at least 4 members (excludes halogenated alkanes) is 2. The van der Waals surface area contributed by atoms with Crippen LogP contribution in [0.25, 0.3) is 0 Å². The van der Waals surface area contributed by atoms with E-state index in [0.29, 0.717) is 18.4 Å². The minimum Gasteiger partial charge on any atom is -0.341 e. The molecule has 0 saturated carbocycles. The maximum Gasteiger partial charge on any atom is 0.286 e. The molecule has 33 heavy (non-hydrogen) atoms. The molecular weight excluding hydrogens is 443 g/mol. The smallest absolute Gasteiger partial charge is 0.286 e. The predicted octanol–water partition coefficient (Wildman–Crippen LogP) is 5.04. The number of para-hydroxylation sites is 1. The number of anilines is 1. The molecule has 1 aliphatic heterocycles. The normalized spacial score (nSPS) is 20.5. The first kappa shape index (κ1) is 23.3. The molecule has 1 unspecified atom stereocenters. The number of amidine groups is 1. The van der Waals surface area contributed by atoms with Crippen molar-refractivity contribution in [1.29, 1.82) is 0 Å². The standard InChI is InChI=1S/C25H27FN2O4S/c1-3-5-13-25(14-6-4-2)18-12-11-16(26)15-17(18)22(29)21(23(25)30)24-27-19-9-7-8-10-20(19)33(31,32)28-24/h7-12,15,21H,3-6,13-14H2,1-2H3,(H,27,28). The maximum absolute atomic E-state index is 14.2. The van der Waals surface area contributed by atoms with Gasteiger partial charge in [0, 0.05) is 5.56 Å². The van der Waals surface area contributed by atoms with Gasteiger partial charge in [-0.2, -0.15) is 8.42 Å². The highest BCUT2D eigenvalue weighted by atomic mass is 32.2. The predicted molar refractivity (Wildman–Crippen MR) is 125 cm³/mol. The van der Waals surface area contributed by atoms with Crippen molar-refractivity contribution in [2.24, 2.45) is 10.3 Å². The Morgan fingerprint density at radius 1 is 1.03 bits per heavy atom. The molecule has 0 spiro atoms. The Morgan fingerprint density at radius 3 is 2.36 bits per heavy atom. The molecule has 2 aromatic carbocycles. The number of halogens is 1. The third kappa shape index (κ3) is 3.90. The van der Waals surface area contributed by atoms with Gasteiger partial charge in [0.15, 0.2) is 11.6 Å². The highest BCUT2D eigenvalue weighted by Crippen LogP contribution is 2.45. The van der Waals surface area contributed by atoms with Crippen LogP contribution in [0.3, 0.4) is 0 Å². The van der Waals surface area contributed by atoms with Gasteiger partial charge in [0.05, 0.1) is 11.1 Å². The molecule has 0 radical (unpaired) electrons. The molecule has 1 atom stereocenters. The van der Waals surface area contributed by atoms with Crippen LogP contribution in [0.5, 0.6) is 0 Å². The van der Waals surface area contributed by atoms with Gasteiger partial charge >= 0.3 is 0 Å². The van der Waals surface area contributed by atoms with Gasteiger partial charge in [0.1, 0.15) is 22.5 Å². The number of sulfonamides is 1. The van der Waals surface area contributed by atoms with Gasteiger partial charge in [0.25, 0.3) is 10.0 Å². The number of nitrogens with one attached hydrogen (secondary N) is 1. The summed E-state index contributed by atoms with van der Waals surface area (Å²) in [5.74, 6) is -3.22. The zero-order valence-corrected chi connectivity index (χ0v) is 19.5. The second kappa shape index (κ2) is 8.82. The number of hydrogen-bond acceptors (Lipinski definition) is 5. The van der Waals surface area contributed by atoms with Gasteiger partial charge in [-0.1, -0.05) is 57.7 Å². The van der Waals surface area contributed by atoms with Gasteiger partial charge < -0.3 is 5.32 Å². The third-order valence-electron chi connectivity index (χ3n) is 6.59. The Balaban J connectivity index is 1.91. The Hall–Kier alpha value is -2.87. The zero-order chi connectivity index (χ0) is 23.8. The fourth-order valence-corrected chi connectivity index (χ4v) is 6.08. The van der Waals surface area contributed by atoms with E-state index in [-0.39, 0.29) is 27.8 Å². The van der Waals surface area contributed by atoms with E-state index in [0.717, 1.165) is 31.7 Å². The lowest BCUT2D eigenvalue weighted by atomic mass is 9.60. The molecule has 4 rings (SSSR count). The highest BCUT2D eigenvalue weighted by molar-refractivity contribution is 7.90. The molecule has 2 aliphatic rings. The first-order valence-electron chi connectivity index (χ1n) is 11.3. The van der Waals surface area contributed by atoms with E-state index in [4.69, 9.17) is 0 Å². The Labute approximate surface area is 193 Å².